The van der Waals surface area contributed by atoms with Gasteiger partial charge in [-0.15, -0.1) is 0 Å². The first-order valence-corrected chi connectivity index (χ1v) is 10.5. The molecule has 3 aromatic rings. The Labute approximate surface area is 195 Å². The highest BCUT2D eigenvalue weighted by molar-refractivity contribution is 8.00. The molecule has 174 valence electrons. The maximum atomic E-state index is 13.3. The third-order valence-electron chi connectivity index (χ3n) is 4.67. The lowest BCUT2D eigenvalue weighted by molar-refractivity contribution is -0.114. The molecule has 7 nitrogen and oxygen atoms in total. The normalized spacial score (nSPS) is 14.2. The van der Waals surface area contributed by atoms with Crippen LogP contribution in [0, 0.1) is 5.82 Å². The van der Waals surface area contributed by atoms with E-state index in [1.807, 2.05) is 0 Å². The van der Waals surface area contributed by atoms with Gasteiger partial charge in [-0.05, 0) is 53.7 Å². The number of nitrogens with zero attached hydrogens (tertiary/aromatic N) is 4. The summed E-state index contributed by atoms with van der Waals surface area (Å²) in [5.41, 5.74) is -3.43. The maximum Gasteiger partial charge on any atom is 0.446 e. The lowest BCUT2D eigenvalue weighted by Gasteiger charge is -2.18. The number of anilines is 3. The second-order valence-corrected chi connectivity index (χ2v) is 8.20. The Morgan fingerprint density at radius 1 is 1.06 bits per heavy atom. The first-order valence-electron chi connectivity index (χ1n) is 9.64. The van der Waals surface area contributed by atoms with Gasteiger partial charge >= 0.3 is 11.5 Å². The Morgan fingerprint density at radius 2 is 1.79 bits per heavy atom. The van der Waals surface area contributed by atoms with Crippen LogP contribution in [0.25, 0.3) is 0 Å². The average Bonchev–Trinajstić information content (AvgIpc) is 2.97. The Balaban J connectivity index is 1.50. The Bertz CT molecular complexity index is 1270. The van der Waals surface area contributed by atoms with Crippen LogP contribution in [-0.4, -0.2) is 32.3 Å². The minimum absolute atomic E-state index is 0.0134. The number of pyridine rings is 2. The van der Waals surface area contributed by atoms with Gasteiger partial charge in [-0.1, -0.05) is 6.58 Å². The van der Waals surface area contributed by atoms with E-state index in [-0.39, 0.29) is 34.6 Å². The second-order valence-electron chi connectivity index (χ2n) is 7.06. The van der Waals surface area contributed by atoms with E-state index in [0.29, 0.717) is 17.1 Å². The van der Waals surface area contributed by atoms with Gasteiger partial charge in [0.05, 0.1) is 30.3 Å². The molecule has 0 bridgehead atoms. The van der Waals surface area contributed by atoms with E-state index in [2.05, 4.69) is 21.9 Å². The summed E-state index contributed by atoms with van der Waals surface area (Å²) in [6.45, 7) is 3.67. The summed E-state index contributed by atoms with van der Waals surface area (Å²) < 4.78 is 51.0. The number of amides is 3. The van der Waals surface area contributed by atoms with Crippen LogP contribution in [0.2, 0.25) is 0 Å². The van der Waals surface area contributed by atoms with E-state index in [9.17, 15) is 27.2 Å². The number of carbonyl (C=O) groups excluding carboxylic acids is 2. The SMILES string of the molecule is C=C1C(=O)N(c2ccc(SC(F)(F)F)cc2)C(=O)N1Cc1ccnc(Nc2cncc(F)c2)c1. The number of alkyl halides is 3. The molecule has 3 heterocycles. The molecule has 0 radical (unpaired) electrons. The van der Waals surface area contributed by atoms with Crippen LogP contribution in [0.5, 0.6) is 0 Å². The van der Waals surface area contributed by atoms with Crippen molar-refractivity contribution in [2.24, 2.45) is 0 Å². The molecule has 0 spiro atoms. The quantitative estimate of drug-likeness (QED) is 0.215. The number of thioether (sulfide) groups is 1. The smallest absolute Gasteiger partial charge is 0.339 e. The molecule has 0 aliphatic carbocycles. The molecule has 0 unspecified atom stereocenters. The molecule has 12 heteroatoms. The van der Waals surface area contributed by atoms with E-state index in [4.69, 9.17) is 0 Å². The summed E-state index contributed by atoms with van der Waals surface area (Å²) >= 11 is -0.294. The van der Waals surface area contributed by atoms with Crippen molar-refractivity contribution in [1.29, 1.82) is 0 Å². The van der Waals surface area contributed by atoms with Gasteiger partial charge in [0.2, 0.25) is 0 Å². The molecular formula is C22H15F4N5O2S. The van der Waals surface area contributed by atoms with Crippen LogP contribution in [-0.2, 0) is 11.3 Å². The van der Waals surface area contributed by atoms with Gasteiger partial charge < -0.3 is 5.32 Å². The highest BCUT2D eigenvalue weighted by Gasteiger charge is 2.41. The van der Waals surface area contributed by atoms with E-state index < -0.39 is 23.3 Å². The number of halogens is 4. The van der Waals surface area contributed by atoms with E-state index in [0.717, 1.165) is 16.0 Å². The summed E-state index contributed by atoms with van der Waals surface area (Å²) in [5.74, 6) is -0.841. The Hall–Kier alpha value is -3.93. The molecule has 1 saturated heterocycles. The third-order valence-corrected chi connectivity index (χ3v) is 5.41. The van der Waals surface area contributed by atoms with Crippen molar-refractivity contribution < 1.29 is 27.2 Å². The van der Waals surface area contributed by atoms with Gasteiger partial charge in [0.25, 0.3) is 5.91 Å². The van der Waals surface area contributed by atoms with Gasteiger partial charge in [0.1, 0.15) is 17.3 Å². The number of benzene rings is 1. The minimum Gasteiger partial charge on any atom is -0.339 e. The first kappa shape index (κ1) is 23.2. The topological polar surface area (TPSA) is 78.4 Å². The highest BCUT2D eigenvalue weighted by atomic mass is 32.2. The Morgan fingerprint density at radius 3 is 2.47 bits per heavy atom. The fourth-order valence-electron chi connectivity index (χ4n) is 3.21. The molecular weight excluding hydrogens is 474 g/mol. The number of carbonyl (C=O) groups is 2. The summed E-state index contributed by atoms with van der Waals surface area (Å²) in [5, 5.41) is 2.90. The predicted octanol–water partition coefficient (Wildman–Crippen LogP) is 5.45. The third kappa shape index (κ3) is 5.17. The van der Waals surface area contributed by atoms with Crippen LogP contribution in [0.15, 0.2) is 78.2 Å². The van der Waals surface area contributed by atoms with Gasteiger partial charge in [-0.3, -0.25) is 14.7 Å². The molecule has 0 atom stereocenters. The Kier molecular flexibility index (Phi) is 6.24. The fourth-order valence-corrected chi connectivity index (χ4v) is 3.75. The van der Waals surface area contributed by atoms with Gasteiger partial charge in [0, 0.05) is 17.2 Å². The summed E-state index contributed by atoms with van der Waals surface area (Å²) in [4.78, 5) is 35.5. The maximum absolute atomic E-state index is 13.3. The van der Waals surface area contributed by atoms with E-state index >= 15 is 0 Å². The van der Waals surface area contributed by atoms with Gasteiger partial charge in [0.15, 0.2) is 0 Å². The molecule has 34 heavy (non-hydrogen) atoms. The standard InChI is InChI=1S/C22H15F4N5O2S/c1-13-20(32)31(17-2-4-18(5-3-17)34-22(24,25)26)21(33)30(13)12-14-6-7-28-19(8-14)29-16-9-15(23)10-27-11-16/h2-11H,1,12H2,(H,28,29). The summed E-state index contributed by atoms with van der Waals surface area (Å²) in [6, 6.07) is 8.69. The fraction of sp³-hybridized carbons (Fsp3) is 0.0909. The lowest BCUT2D eigenvalue weighted by Crippen LogP contribution is -2.32. The first-order chi connectivity index (χ1) is 16.1. The highest BCUT2D eigenvalue weighted by Crippen LogP contribution is 2.38. The summed E-state index contributed by atoms with van der Waals surface area (Å²) in [7, 11) is 0. The zero-order chi connectivity index (χ0) is 24.5. The second kappa shape index (κ2) is 9.14. The van der Waals surface area contributed by atoms with Crippen molar-refractivity contribution in [2.75, 3.05) is 10.2 Å². The molecule has 1 aromatic carbocycles. The number of hydrogen-bond donors (Lipinski definition) is 1. The number of imide groups is 1. The van der Waals surface area contributed by atoms with Crippen LogP contribution in [0.4, 0.5) is 39.5 Å². The lowest BCUT2D eigenvalue weighted by atomic mass is 10.2. The van der Waals surface area contributed by atoms with Crippen LogP contribution >= 0.6 is 11.8 Å². The van der Waals surface area contributed by atoms with Crippen molar-refractivity contribution in [2.45, 2.75) is 16.9 Å². The largest absolute Gasteiger partial charge is 0.446 e. The van der Waals surface area contributed by atoms with Crippen molar-refractivity contribution in [3.05, 3.63) is 84.7 Å². The van der Waals surface area contributed by atoms with Gasteiger partial charge in [-0.25, -0.2) is 19.1 Å². The van der Waals surface area contributed by atoms with Gasteiger partial charge in [-0.2, -0.15) is 13.2 Å². The van der Waals surface area contributed by atoms with Crippen LogP contribution in [0.1, 0.15) is 5.56 Å². The molecule has 1 N–H and O–H groups in total. The number of urea groups is 1. The number of rotatable bonds is 6. The molecule has 4 rings (SSSR count). The summed E-state index contributed by atoms with van der Waals surface area (Å²) in [6.07, 6.45) is 3.95. The zero-order valence-electron chi connectivity index (χ0n) is 17.2. The van der Waals surface area contributed by atoms with Crippen LogP contribution in [0.3, 0.4) is 0 Å². The van der Waals surface area contributed by atoms with E-state index in [1.54, 1.807) is 12.1 Å². The van der Waals surface area contributed by atoms with Crippen molar-refractivity contribution in [3.63, 3.8) is 0 Å². The molecule has 1 aliphatic heterocycles. The number of hydrogen-bond acceptors (Lipinski definition) is 6. The number of nitrogens with one attached hydrogen (secondary N) is 1. The predicted molar refractivity (Wildman–Crippen MR) is 118 cm³/mol. The monoisotopic (exact) mass is 489 g/mol. The van der Waals surface area contributed by atoms with Crippen LogP contribution < -0.4 is 10.2 Å². The minimum atomic E-state index is -4.45. The molecule has 1 fully saturated rings. The van der Waals surface area contributed by atoms with Crippen molar-refractivity contribution in [3.8, 4) is 0 Å². The van der Waals surface area contributed by atoms with E-state index in [1.165, 1.54) is 42.7 Å². The molecule has 0 saturated carbocycles. The number of aromatic nitrogens is 2. The molecule has 2 aromatic heterocycles. The average molecular weight is 489 g/mol. The van der Waals surface area contributed by atoms with Crippen molar-refractivity contribution in [1.82, 2.24) is 14.9 Å². The van der Waals surface area contributed by atoms with Crippen molar-refractivity contribution >= 4 is 40.9 Å². The molecule has 3 amide bonds. The molecule has 1 aliphatic rings. The zero-order valence-corrected chi connectivity index (χ0v) is 18.0.